The normalized spacial score (nSPS) is 13.8. The van der Waals surface area contributed by atoms with Crippen LogP contribution in [0.2, 0.25) is 0 Å². The van der Waals surface area contributed by atoms with Gasteiger partial charge in [-0.15, -0.1) is 0 Å². The van der Waals surface area contributed by atoms with Crippen LogP contribution in [0, 0.1) is 0 Å². The van der Waals surface area contributed by atoms with Crippen molar-refractivity contribution in [2.45, 2.75) is 6.42 Å². The highest BCUT2D eigenvalue weighted by atomic mass is 16.5. The molecule has 1 saturated heterocycles. The van der Waals surface area contributed by atoms with Crippen LogP contribution in [0.15, 0.2) is 65.5 Å². The Morgan fingerprint density at radius 2 is 1.71 bits per heavy atom. The molecule has 2 amide bonds. The third-order valence-electron chi connectivity index (χ3n) is 5.01. The van der Waals surface area contributed by atoms with Crippen molar-refractivity contribution in [2.24, 2.45) is 0 Å². The number of esters is 1. The van der Waals surface area contributed by atoms with Crippen molar-refractivity contribution >= 4 is 17.8 Å². The zero-order valence-corrected chi connectivity index (χ0v) is 16.8. The minimum atomic E-state index is -0.493. The molecule has 9 nitrogen and oxygen atoms in total. The number of furan rings is 1. The van der Waals surface area contributed by atoms with Crippen LogP contribution >= 0.6 is 0 Å². The van der Waals surface area contributed by atoms with E-state index in [1.807, 2.05) is 30.3 Å². The topological polar surface area (TPSA) is 97.9 Å². The van der Waals surface area contributed by atoms with Gasteiger partial charge in [0.1, 0.15) is 0 Å². The summed E-state index contributed by atoms with van der Waals surface area (Å²) in [5, 5.41) is 4.24. The van der Waals surface area contributed by atoms with Gasteiger partial charge >= 0.3 is 5.97 Å². The molecular weight excluding hydrogens is 400 g/mol. The lowest BCUT2D eigenvalue weighted by Gasteiger charge is -2.34. The number of carbonyl (C=O) groups is 3. The van der Waals surface area contributed by atoms with E-state index in [2.05, 4.69) is 5.10 Å². The van der Waals surface area contributed by atoms with E-state index >= 15 is 0 Å². The molecule has 9 heteroatoms. The number of carbonyl (C=O) groups excluding carboxylic acids is 3. The quantitative estimate of drug-likeness (QED) is 0.559. The van der Waals surface area contributed by atoms with E-state index in [1.165, 1.54) is 6.26 Å². The number of amides is 2. The molecule has 0 atom stereocenters. The van der Waals surface area contributed by atoms with Crippen molar-refractivity contribution in [2.75, 3.05) is 32.8 Å². The van der Waals surface area contributed by atoms with Crippen LogP contribution in [0.25, 0.3) is 5.69 Å². The maximum absolute atomic E-state index is 12.4. The molecule has 0 spiro atoms. The van der Waals surface area contributed by atoms with Crippen LogP contribution in [-0.2, 0) is 20.7 Å². The van der Waals surface area contributed by atoms with Gasteiger partial charge in [0.25, 0.3) is 11.8 Å². The van der Waals surface area contributed by atoms with Gasteiger partial charge in [-0.3, -0.25) is 14.4 Å². The first-order chi connectivity index (χ1) is 15.1. The number of rotatable bonds is 6. The summed E-state index contributed by atoms with van der Waals surface area (Å²) in [4.78, 5) is 40.0. The Morgan fingerprint density at radius 1 is 0.968 bits per heavy atom. The van der Waals surface area contributed by atoms with E-state index in [-0.39, 0.29) is 30.6 Å². The fourth-order valence-electron chi connectivity index (χ4n) is 3.34. The van der Waals surface area contributed by atoms with Crippen LogP contribution < -0.4 is 0 Å². The van der Waals surface area contributed by atoms with E-state index in [4.69, 9.17) is 9.15 Å². The van der Waals surface area contributed by atoms with Crippen molar-refractivity contribution < 1.29 is 23.5 Å². The Bertz CT molecular complexity index is 1040. The summed E-state index contributed by atoms with van der Waals surface area (Å²) in [6.45, 7) is 1.24. The van der Waals surface area contributed by atoms with Crippen molar-refractivity contribution in [1.29, 1.82) is 0 Å². The minimum Gasteiger partial charge on any atom is -0.459 e. The molecule has 0 radical (unpaired) electrons. The fourth-order valence-corrected chi connectivity index (χ4v) is 3.34. The predicted molar refractivity (Wildman–Crippen MR) is 109 cm³/mol. The van der Waals surface area contributed by atoms with Gasteiger partial charge in [0.05, 0.1) is 24.6 Å². The molecular formula is C22H22N4O5. The Balaban J connectivity index is 1.21. The number of ether oxygens (including phenoxy) is 1. The van der Waals surface area contributed by atoms with E-state index in [1.54, 1.807) is 39.0 Å². The van der Waals surface area contributed by atoms with Gasteiger partial charge < -0.3 is 19.0 Å². The standard InChI is InChI=1S/C22H22N4O5/c27-20(24-8-10-25(11-9-24)22(29)19-7-4-12-30-19)16-31-21(28)13-17-14-23-26(15-17)18-5-2-1-3-6-18/h1-7,12,14-15H,8-11,13,16H2. The van der Waals surface area contributed by atoms with Gasteiger partial charge in [-0.1, -0.05) is 18.2 Å². The van der Waals surface area contributed by atoms with Crippen molar-refractivity contribution in [1.82, 2.24) is 19.6 Å². The summed E-state index contributed by atoms with van der Waals surface area (Å²) in [5.74, 6) is -0.685. The Labute approximate surface area is 178 Å². The van der Waals surface area contributed by atoms with Crippen LogP contribution in [0.3, 0.4) is 0 Å². The van der Waals surface area contributed by atoms with Gasteiger partial charge in [-0.05, 0) is 24.3 Å². The third-order valence-corrected chi connectivity index (χ3v) is 5.01. The molecule has 1 aliphatic rings. The van der Waals surface area contributed by atoms with Crippen molar-refractivity contribution in [3.63, 3.8) is 0 Å². The summed E-state index contributed by atoms with van der Waals surface area (Å²) in [7, 11) is 0. The average molecular weight is 422 g/mol. The zero-order valence-electron chi connectivity index (χ0n) is 16.8. The molecule has 2 aromatic heterocycles. The third kappa shape index (κ3) is 5.00. The highest BCUT2D eigenvalue weighted by molar-refractivity contribution is 5.91. The molecule has 0 bridgehead atoms. The zero-order chi connectivity index (χ0) is 21.6. The van der Waals surface area contributed by atoms with Crippen molar-refractivity contribution in [3.8, 4) is 5.69 Å². The van der Waals surface area contributed by atoms with E-state index in [0.717, 1.165) is 5.69 Å². The van der Waals surface area contributed by atoms with Crippen LogP contribution in [0.1, 0.15) is 16.1 Å². The molecule has 0 saturated carbocycles. The number of para-hydroxylation sites is 1. The monoisotopic (exact) mass is 422 g/mol. The highest BCUT2D eigenvalue weighted by Crippen LogP contribution is 2.11. The fraction of sp³-hybridized carbons (Fsp3) is 0.273. The second-order valence-corrected chi connectivity index (χ2v) is 7.12. The Kier molecular flexibility index (Phi) is 6.11. The summed E-state index contributed by atoms with van der Waals surface area (Å²) in [6.07, 6.45) is 4.85. The van der Waals surface area contributed by atoms with Gasteiger partial charge in [-0.25, -0.2) is 4.68 Å². The summed E-state index contributed by atoms with van der Waals surface area (Å²) in [6, 6.07) is 12.8. The number of benzene rings is 1. The van der Waals surface area contributed by atoms with E-state index < -0.39 is 5.97 Å². The first-order valence-corrected chi connectivity index (χ1v) is 9.95. The molecule has 0 N–H and O–H groups in total. The number of nitrogens with zero attached hydrogens (tertiary/aromatic N) is 4. The van der Waals surface area contributed by atoms with E-state index in [9.17, 15) is 14.4 Å². The van der Waals surface area contributed by atoms with Gasteiger partial charge in [0.15, 0.2) is 12.4 Å². The molecule has 1 aromatic carbocycles. The molecule has 1 aliphatic heterocycles. The lowest BCUT2D eigenvalue weighted by atomic mass is 10.2. The number of piperazine rings is 1. The second kappa shape index (κ2) is 9.29. The van der Waals surface area contributed by atoms with Crippen molar-refractivity contribution in [3.05, 3.63) is 72.4 Å². The lowest BCUT2D eigenvalue weighted by Crippen LogP contribution is -2.51. The average Bonchev–Trinajstić information content (AvgIpc) is 3.50. The second-order valence-electron chi connectivity index (χ2n) is 7.12. The summed E-state index contributed by atoms with van der Waals surface area (Å²) in [5.41, 5.74) is 1.59. The first-order valence-electron chi connectivity index (χ1n) is 9.95. The number of aromatic nitrogens is 2. The SMILES string of the molecule is O=C(Cc1cnn(-c2ccccc2)c1)OCC(=O)N1CCN(C(=O)c2ccco2)CC1. The Morgan fingerprint density at radius 3 is 2.42 bits per heavy atom. The predicted octanol–water partition coefficient (Wildman–Crippen LogP) is 1.54. The van der Waals surface area contributed by atoms with Gasteiger partial charge in [0.2, 0.25) is 0 Å². The Hall–Kier alpha value is -3.88. The van der Waals surface area contributed by atoms with Gasteiger partial charge in [-0.2, -0.15) is 5.10 Å². The molecule has 0 aliphatic carbocycles. The number of hydrogen-bond acceptors (Lipinski definition) is 6. The smallest absolute Gasteiger partial charge is 0.310 e. The number of hydrogen-bond donors (Lipinski definition) is 0. The van der Waals surface area contributed by atoms with Crippen LogP contribution in [-0.4, -0.2) is 70.1 Å². The largest absolute Gasteiger partial charge is 0.459 e. The molecule has 160 valence electrons. The maximum Gasteiger partial charge on any atom is 0.310 e. The molecule has 0 unspecified atom stereocenters. The summed E-state index contributed by atoms with van der Waals surface area (Å²) >= 11 is 0. The van der Waals surface area contributed by atoms with Crippen LogP contribution in [0.4, 0.5) is 0 Å². The molecule has 4 rings (SSSR count). The lowest BCUT2D eigenvalue weighted by molar-refractivity contribution is -0.152. The minimum absolute atomic E-state index is 0.0333. The molecule has 1 fully saturated rings. The molecule has 31 heavy (non-hydrogen) atoms. The summed E-state index contributed by atoms with van der Waals surface area (Å²) < 4.78 is 12.0. The van der Waals surface area contributed by atoms with E-state index in [0.29, 0.717) is 31.7 Å². The van der Waals surface area contributed by atoms with Gasteiger partial charge in [0, 0.05) is 37.9 Å². The maximum atomic E-state index is 12.4. The molecule has 3 aromatic rings. The van der Waals surface area contributed by atoms with Crippen LogP contribution in [0.5, 0.6) is 0 Å². The highest BCUT2D eigenvalue weighted by Gasteiger charge is 2.26. The molecule has 3 heterocycles. The first kappa shape index (κ1) is 20.4.